The van der Waals surface area contributed by atoms with Gasteiger partial charge >= 0.3 is 6.09 Å². The number of methoxy groups -OCH3 is 1. The highest BCUT2D eigenvalue weighted by Crippen LogP contribution is 2.29. The Morgan fingerprint density at radius 2 is 2.35 bits per heavy atom. The number of benzene rings is 1. The van der Waals surface area contributed by atoms with Crippen molar-refractivity contribution in [2.75, 3.05) is 25.1 Å². The van der Waals surface area contributed by atoms with E-state index in [0.29, 0.717) is 6.54 Å². The van der Waals surface area contributed by atoms with E-state index in [1.54, 1.807) is 6.07 Å². The number of alkyl carbamates (subject to hydrolysis) is 1. The van der Waals surface area contributed by atoms with Gasteiger partial charge in [-0.3, -0.25) is 0 Å². The molecule has 1 heterocycles. The van der Waals surface area contributed by atoms with Gasteiger partial charge in [0.25, 0.3) is 0 Å². The van der Waals surface area contributed by atoms with Gasteiger partial charge in [-0.25, -0.2) is 9.18 Å². The number of hydrogen-bond acceptors (Lipinski definition) is 4. The number of carbonyl (C=O) groups excluding carboxylic acids is 1. The molecule has 1 aliphatic rings. The van der Waals surface area contributed by atoms with E-state index in [-0.39, 0.29) is 17.9 Å². The normalized spacial score (nSPS) is 19.8. The highest BCUT2D eigenvalue weighted by Gasteiger charge is 2.26. The van der Waals surface area contributed by atoms with Crippen LogP contribution in [-0.4, -0.2) is 32.3 Å². The molecule has 0 bridgehead atoms. The Morgan fingerprint density at radius 1 is 1.60 bits per heavy atom. The van der Waals surface area contributed by atoms with Crippen LogP contribution in [0.3, 0.4) is 0 Å². The van der Waals surface area contributed by atoms with Crippen LogP contribution in [0.5, 0.6) is 0 Å². The number of halogens is 1. The molecule has 110 valence electrons. The number of nitrogens with zero attached hydrogens (tertiary/aromatic N) is 1. The summed E-state index contributed by atoms with van der Waals surface area (Å²) in [6.07, 6.45) is 0.397. The summed E-state index contributed by atoms with van der Waals surface area (Å²) in [5.74, 6) is -0.288. The number of rotatable bonds is 3. The summed E-state index contributed by atoms with van der Waals surface area (Å²) in [4.78, 5) is 13.3. The molecule has 2 atom stereocenters. The lowest BCUT2D eigenvalue weighted by Gasteiger charge is -2.23. The number of nitrogens with one attached hydrogen (secondary N) is 1. The number of ether oxygens (including phenoxy) is 1. The largest absolute Gasteiger partial charge is 0.453 e. The van der Waals surface area contributed by atoms with Gasteiger partial charge in [-0.15, -0.1) is 0 Å². The summed E-state index contributed by atoms with van der Waals surface area (Å²) in [6, 6.07) is 4.44. The van der Waals surface area contributed by atoms with E-state index in [0.717, 1.165) is 24.2 Å². The Bertz CT molecular complexity index is 493. The van der Waals surface area contributed by atoms with Gasteiger partial charge in [0.15, 0.2) is 0 Å². The van der Waals surface area contributed by atoms with Crippen molar-refractivity contribution in [1.29, 1.82) is 0 Å². The highest BCUT2D eigenvalue weighted by molar-refractivity contribution is 5.67. The lowest BCUT2D eigenvalue weighted by Crippen LogP contribution is -2.37. The molecule has 6 heteroatoms. The zero-order chi connectivity index (χ0) is 14.7. The van der Waals surface area contributed by atoms with Crippen LogP contribution >= 0.6 is 0 Å². The number of nitrogens with two attached hydrogens (primary N) is 1. The Kier molecular flexibility index (Phi) is 4.44. The monoisotopic (exact) mass is 281 g/mol. The molecule has 1 aromatic carbocycles. The predicted octanol–water partition coefficient (Wildman–Crippen LogP) is 1.78. The summed E-state index contributed by atoms with van der Waals surface area (Å²) in [6.45, 7) is 3.29. The number of carbonyl (C=O) groups is 1. The molecular weight excluding hydrogens is 261 g/mol. The Morgan fingerprint density at radius 3 is 3.00 bits per heavy atom. The van der Waals surface area contributed by atoms with Crippen molar-refractivity contribution in [3.63, 3.8) is 0 Å². The second-order valence-electron chi connectivity index (χ2n) is 5.06. The minimum atomic E-state index is -0.427. The van der Waals surface area contributed by atoms with Gasteiger partial charge in [-0.2, -0.15) is 0 Å². The van der Waals surface area contributed by atoms with E-state index in [1.165, 1.54) is 19.2 Å². The van der Waals surface area contributed by atoms with Crippen molar-refractivity contribution in [2.45, 2.75) is 25.4 Å². The van der Waals surface area contributed by atoms with Crippen LogP contribution in [0.1, 0.15) is 24.9 Å². The van der Waals surface area contributed by atoms with E-state index in [4.69, 9.17) is 5.73 Å². The van der Waals surface area contributed by atoms with Crippen LogP contribution in [-0.2, 0) is 4.74 Å². The topological polar surface area (TPSA) is 67.6 Å². The van der Waals surface area contributed by atoms with Gasteiger partial charge in [-0.1, -0.05) is 0 Å². The average Bonchev–Trinajstić information content (AvgIpc) is 2.86. The summed E-state index contributed by atoms with van der Waals surface area (Å²) >= 11 is 0. The summed E-state index contributed by atoms with van der Waals surface area (Å²) < 4.78 is 17.9. The molecule has 0 spiro atoms. The van der Waals surface area contributed by atoms with Crippen LogP contribution in [0.25, 0.3) is 0 Å². The SMILES string of the molecule is COC(=O)NC1CCN(c2ccc(F)cc2C(C)N)C1. The first kappa shape index (κ1) is 14.6. The summed E-state index contributed by atoms with van der Waals surface area (Å²) in [5, 5.41) is 2.78. The van der Waals surface area contributed by atoms with E-state index in [1.807, 2.05) is 6.92 Å². The van der Waals surface area contributed by atoms with E-state index < -0.39 is 6.09 Å². The molecule has 0 aliphatic carbocycles. The van der Waals surface area contributed by atoms with Crippen LogP contribution < -0.4 is 16.0 Å². The smallest absolute Gasteiger partial charge is 0.407 e. The third kappa shape index (κ3) is 3.19. The molecule has 0 radical (unpaired) electrons. The van der Waals surface area contributed by atoms with Gasteiger partial charge < -0.3 is 20.7 Å². The molecule has 1 aliphatic heterocycles. The minimum absolute atomic E-state index is 0.0356. The number of hydrogen-bond donors (Lipinski definition) is 2. The van der Waals surface area contributed by atoms with Gasteiger partial charge in [0.2, 0.25) is 0 Å². The molecule has 0 aromatic heterocycles. The van der Waals surface area contributed by atoms with Crippen molar-refractivity contribution in [3.05, 3.63) is 29.6 Å². The molecule has 2 rings (SSSR count). The van der Waals surface area contributed by atoms with E-state index >= 15 is 0 Å². The van der Waals surface area contributed by atoms with Gasteiger partial charge in [0, 0.05) is 24.8 Å². The van der Waals surface area contributed by atoms with E-state index in [9.17, 15) is 9.18 Å². The number of anilines is 1. The predicted molar refractivity (Wildman–Crippen MR) is 75.2 cm³/mol. The quantitative estimate of drug-likeness (QED) is 0.886. The molecule has 0 saturated carbocycles. The Hall–Kier alpha value is -1.82. The Labute approximate surface area is 117 Å². The molecule has 1 aromatic rings. The molecule has 1 amide bonds. The van der Waals surface area contributed by atoms with Crippen LogP contribution in [0.4, 0.5) is 14.9 Å². The van der Waals surface area contributed by atoms with Crippen molar-refractivity contribution >= 4 is 11.8 Å². The van der Waals surface area contributed by atoms with Crippen LogP contribution in [0.2, 0.25) is 0 Å². The van der Waals surface area contributed by atoms with E-state index in [2.05, 4.69) is 15.0 Å². The zero-order valence-electron chi connectivity index (χ0n) is 11.7. The maximum atomic E-state index is 13.3. The standard InChI is InChI=1S/C14H20FN3O2/c1-9(16)12-7-10(15)3-4-13(12)18-6-5-11(8-18)17-14(19)20-2/h3-4,7,9,11H,5-6,8,16H2,1-2H3,(H,17,19). The Balaban J connectivity index is 2.12. The van der Waals surface area contributed by atoms with Crippen molar-refractivity contribution in [3.8, 4) is 0 Å². The summed E-state index contributed by atoms with van der Waals surface area (Å²) in [7, 11) is 1.34. The maximum Gasteiger partial charge on any atom is 0.407 e. The van der Waals surface area contributed by atoms with Gasteiger partial charge in [-0.05, 0) is 37.1 Å². The first-order chi connectivity index (χ1) is 9.51. The number of amides is 1. The lowest BCUT2D eigenvalue weighted by atomic mass is 10.1. The first-order valence-corrected chi connectivity index (χ1v) is 6.65. The first-order valence-electron chi connectivity index (χ1n) is 6.65. The van der Waals surface area contributed by atoms with Crippen LogP contribution in [0, 0.1) is 5.82 Å². The fraction of sp³-hybridized carbons (Fsp3) is 0.500. The fourth-order valence-electron chi connectivity index (χ4n) is 2.50. The molecule has 2 unspecified atom stereocenters. The lowest BCUT2D eigenvalue weighted by molar-refractivity contribution is 0.167. The van der Waals surface area contributed by atoms with Crippen LogP contribution in [0.15, 0.2) is 18.2 Å². The second kappa shape index (κ2) is 6.09. The van der Waals surface area contributed by atoms with Gasteiger partial charge in [0.05, 0.1) is 13.2 Å². The molecule has 20 heavy (non-hydrogen) atoms. The maximum absolute atomic E-state index is 13.3. The second-order valence-corrected chi connectivity index (χ2v) is 5.06. The third-order valence-electron chi connectivity index (χ3n) is 3.52. The molecule has 3 N–H and O–H groups in total. The van der Waals surface area contributed by atoms with Gasteiger partial charge in [0.1, 0.15) is 5.82 Å². The fourth-order valence-corrected chi connectivity index (χ4v) is 2.50. The van der Waals surface area contributed by atoms with Crippen molar-refractivity contribution in [2.24, 2.45) is 5.73 Å². The molecular formula is C14H20FN3O2. The van der Waals surface area contributed by atoms with Crippen molar-refractivity contribution in [1.82, 2.24) is 5.32 Å². The zero-order valence-corrected chi connectivity index (χ0v) is 11.7. The molecule has 5 nitrogen and oxygen atoms in total. The summed E-state index contributed by atoms with van der Waals surface area (Å²) in [5.41, 5.74) is 7.61. The molecule has 1 fully saturated rings. The minimum Gasteiger partial charge on any atom is -0.453 e. The highest BCUT2D eigenvalue weighted by atomic mass is 19.1. The van der Waals surface area contributed by atoms with Crippen molar-refractivity contribution < 1.29 is 13.9 Å². The molecule has 1 saturated heterocycles. The third-order valence-corrected chi connectivity index (χ3v) is 3.52. The average molecular weight is 281 g/mol.